The minimum atomic E-state index is -3.99. The van der Waals surface area contributed by atoms with Crippen LogP contribution in [0.15, 0.2) is 30.4 Å². The molecule has 5 amide bonds. The highest BCUT2D eigenvalue weighted by Crippen LogP contribution is 2.47. The molecule has 2 aliphatic carbocycles. The van der Waals surface area contributed by atoms with Gasteiger partial charge >= 0.3 is 6.03 Å². The lowest BCUT2D eigenvalue weighted by molar-refractivity contribution is -0.141. The predicted molar refractivity (Wildman–Crippen MR) is 205 cm³/mol. The number of carbonyl (C=O) groups is 4. The topological polar surface area (TPSA) is 186 Å². The molecule has 2 saturated carbocycles. The lowest BCUT2D eigenvalue weighted by Crippen LogP contribution is -2.59. The van der Waals surface area contributed by atoms with Gasteiger partial charge in [0.15, 0.2) is 0 Å². The van der Waals surface area contributed by atoms with Crippen molar-refractivity contribution < 1.29 is 41.8 Å². The van der Waals surface area contributed by atoms with Crippen LogP contribution in [0.5, 0.6) is 17.4 Å². The van der Waals surface area contributed by atoms with Crippen LogP contribution in [-0.2, 0) is 24.4 Å². The average Bonchev–Trinajstić information content (AvgIpc) is 4.00. The first-order valence-corrected chi connectivity index (χ1v) is 20.6. The zero-order valence-electron chi connectivity index (χ0n) is 32.8. The number of nitrogens with zero attached hydrogens (tertiary/aromatic N) is 3. The van der Waals surface area contributed by atoms with Gasteiger partial charge in [-0.05, 0) is 78.4 Å². The van der Waals surface area contributed by atoms with E-state index in [0.717, 1.165) is 18.4 Å². The Labute approximate surface area is 322 Å². The van der Waals surface area contributed by atoms with Gasteiger partial charge in [0.25, 0.3) is 5.91 Å². The molecule has 2 aliphatic heterocycles. The fourth-order valence-electron chi connectivity index (χ4n) is 7.38. The van der Waals surface area contributed by atoms with Crippen LogP contribution in [0.25, 0.3) is 10.9 Å². The molecule has 1 saturated heterocycles. The number of methoxy groups -OCH3 is 1. The number of hydrogen-bond donors (Lipinski definition) is 3. The van der Waals surface area contributed by atoms with Crippen LogP contribution >= 0.6 is 0 Å². The van der Waals surface area contributed by atoms with E-state index in [2.05, 4.69) is 15.4 Å². The summed E-state index contributed by atoms with van der Waals surface area (Å²) in [6, 6.07) is 2.87. The Morgan fingerprint density at radius 2 is 1.85 bits per heavy atom. The highest BCUT2D eigenvalue weighted by molar-refractivity contribution is 7.91. The van der Waals surface area contributed by atoms with Crippen LogP contribution in [-0.4, -0.2) is 109 Å². The van der Waals surface area contributed by atoms with Crippen LogP contribution in [0.3, 0.4) is 0 Å². The Kier molecular flexibility index (Phi) is 11.3. The SMILES string of the molecule is COc1ccc2c(O[C@@H]3C[C@H]4C(=O)N[C@]5(C(=O)NS(=O)(=O)C6(C)CC6)C[C@H]5/C=C\CCCCC[C@H](NC(=O)N(C)C)C(=O)N4C3)cc(OC(C)C)nc2c1C. The smallest absolute Gasteiger partial charge is 0.317 e. The van der Waals surface area contributed by atoms with Gasteiger partial charge < -0.3 is 34.6 Å². The Morgan fingerprint density at radius 1 is 1.11 bits per heavy atom. The van der Waals surface area contributed by atoms with E-state index in [1.54, 1.807) is 34.2 Å². The number of carbonyl (C=O) groups excluding carboxylic acids is 4. The molecule has 3 N–H and O–H groups in total. The summed E-state index contributed by atoms with van der Waals surface area (Å²) in [6.45, 7) is 7.25. The van der Waals surface area contributed by atoms with E-state index in [1.807, 2.05) is 45.1 Å². The van der Waals surface area contributed by atoms with Gasteiger partial charge in [-0.25, -0.2) is 18.2 Å². The average molecular weight is 783 g/mol. The van der Waals surface area contributed by atoms with E-state index >= 15 is 0 Å². The first-order valence-electron chi connectivity index (χ1n) is 19.1. The zero-order chi connectivity index (χ0) is 39.9. The van der Waals surface area contributed by atoms with E-state index in [4.69, 9.17) is 19.2 Å². The molecule has 1 aromatic heterocycles. The molecule has 55 heavy (non-hydrogen) atoms. The molecule has 2 aromatic rings. The van der Waals surface area contributed by atoms with Crippen molar-refractivity contribution in [2.24, 2.45) is 5.92 Å². The molecule has 0 spiro atoms. The molecule has 3 heterocycles. The fraction of sp³-hybridized carbons (Fsp3) is 0.615. The number of benzene rings is 1. The highest BCUT2D eigenvalue weighted by Gasteiger charge is 2.63. The van der Waals surface area contributed by atoms with Crippen LogP contribution < -0.4 is 29.6 Å². The van der Waals surface area contributed by atoms with Gasteiger partial charge in [-0.1, -0.05) is 25.0 Å². The molecule has 16 heteroatoms. The van der Waals surface area contributed by atoms with Gasteiger partial charge in [0.2, 0.25) is 27.7 Å². The van der Waals surface area contributed by atoms with E-state index in [0.29, 0.717) is 60.4 Å². The number of fused-ring (bicyclic) bond motifs is 3. The van der Waals surface area contributed by atoms with Gasteiger partial charge in [0.05, 0.1) is 30.0 Å². The molecular weight excluding hydrogens is 729 g/mol. The lowest BCUT2D eigenvalue weighted by Gasteiger charge is -2.30. The molecule has 0 unspecified atom stereocenters. The van der Waals surface area contributed by atoms with Crippen molar-refractivity contribution in [3.63, 3.8) is 0 Å². The van der Waals surface area contributed by atoms with Gasteiger partial charge in [0, 0.05) is 43.5 Å². The number of urea groups is 1. The molecule has 1 aromatic carbocycles. The number of hydrogen-bond acceptors (Lipinski definition) is 10. The maximum absolute atomic E-state index is 14.5. The van der Waals surface area contributed by atoms with Crippen molar-refractivity contribution in [3.05, 3.63) is 35.9 Å². The Balaban J connectivity index is 1.35. The number of allylic oxidation sites excluding steroid dienone is 1. The maximum Gasteiger partial charge on any atom is 0.317 e. The summed E-state index contributed by atoms with van der Waals surface area (Å²) in [5, 5.41) is 6.44. The molecule has 15 nitrogen and oxygen atoms in total. The van der Waals surface area contributed by atoms with Crippen LogP contribution in [0.2, 0.25) is 0 Å². The Morgan fingerprint density at radius 3 is 2.53 bits per heavy atom. The molecule has 6 rings (SSSR count). The second kappa shape index (κ2) is 15.5. The summed E-state index contributed by atoms with van der Waals surface area (Å²) in [7, 11) is 0.762. The molecular formula is C39H54N6O9S. The molecule has 300 valence electrons. The summed E-state index contributed by atoms with van der Waals surface area (Å²) in [6.07, 6.45) is 7.40. The standard InChI is InChI=1S/C39H54N6O9S/c1-23(2)53-32-20-31(27-15-16-30(52-7)24(3)33(27)41-32)54-26-19-29-34(46)42-39(36(48)43-55(50,51)38(4)17-18-38)21-25(39)13-11-9-8-10-12-14-28(35(47)45(29)22-26)40-37(49)44(5)6/h11,13,15-16,20,23,25-26,28-29H,8-10,12,14,17-19,21-22H2,1-7H3,(H,40,49)(H,42,46)(H,43,48)/b13-11-/t25-,26-,28+,29+,39-/m1/s1. The van der Waals surface area contributed by atoms with Crippen LogP contribution in [0.1, 0.15) is 84.1 Å². The van der Waals surface area contributed by atoms with Gasteiger partial charge in [-0.15, -0.1) is 0 Å². The second-order valence-corrected chi connectivity index (χ2v) is 18.2. The number of nitrogens with one attached hydrogen (secondary N) is 3. The molecule has 0 bridgehead atoms. The number of sulfonamides is 1. The highest BCUT2D eigenvalue weighted by atomic mass is 32.2. The number of amides is 5. The van der Waals surface area contributed by atoms with Crippen molar-refractivity contribution in [1.29, 1.82) is 0 Å². The van der Waals surface area contributed by atoms with Crippen molar-refractivity contribution in [2.75, 3.05) is 27.7 Å². The number of rotatable bonds is 9. The minimum absolute atomic E-state index is 0.000158. The largest absolute Gasteiger partial charge is 0.496 e. The van der Waals surface area contributed by atoms with E-state index < -0.39 is 68.2 Å². The first kappa shape index (κ1) is 40.1. The third kappa shape index (κ3) is 8.33. The van der Waals surface area contributed by atoms with Gasteiger partial charge in [0.1, 0.15) is 35.2 Å². The van der Waals surface area contributed by atoms with Crippen LogP contribution in [0.4, 0.5) is 4.79 Å². The van der Waals surface area contributed by atoms with E-state index in [1.165, 1.54) is 9.80 Å². The van der Waals surface area contributed by atoms with Crippen molar-refractivity contribution >= 4 is 44.7 Å². The summed E-state index contributed by atoms with van der Waals surface area (Å²) < 4.78 is 45.8. The normalized spacial score (nSPS) is 27.1. The molecule has 3 fully saturated rings. The van der Waals surface area contributed by atoms with Crippen molar-refractivity contribution in [3.8, 4) is 17.4 Å². The number of ether oxygens (including phenoxy) is 3. The number of aryl methyl sites for hydroxylation is 1. The van der Waals surface area contributed by atoms with Crippen molar-refractivity contribution in [1.82, 2.24) is 30.1 Å². The third-order valence-electron chi connectivity index (χ3n) is 11.2. The monoisotopic (exact) mass is 782 g/mol. The summed E-state index contributed by atoms with van der Waals surface area (Å²) >= 11 is 0. The molecule has 5 atom stereocenters. The Hall–Kier alpha value is -4.60. The second-order valence-electron chi connectivity index (χ2n) is 16.0. The Bertz CT molecular complexity index is 1980. The van der Waals surface area contributed by atoms with Gasteiger partial charge in [-0.3, -0.25) is 19.1 Å². The fourth-order valence-corrected chi connectivity index (χ4v) is 8.69. The zero-order valence-corrected chi connectivity index (χ0v) is 33.6. The van der Waals surface area contributed by atoms with E-state index in [9.17, 15) is 27.6 Å². The molecule has 0 radical (unpaired) electrons. The minimum Gasteiger partial charge on any atom is -0.496 e. The van der Waals surface area contributed by atoms with Crippen molar-refractivity contribution in [2.45, 2.75) is 120 Å². The number of pyridine rings is 1. The van der Waals surface area contributed by atoms with E-state index in [-0.39, 0.29) is 25.5 Å². The summed E-state index contributed by atoms with van der Waals surface area (Å²) in [5.41, 5.74) is -0.128. The summed E-state index contributed by atoms with van der Waals surface area (Å²) in [4.78, 5) is 63.3. The van der Waals surface area contributed by atoms with Gasteiger partial charge in [-0.2, -0.15) is 0 Å². The third-order valence-corrected chi connectivity index (χ3v) is 13.3. The first-order chi connectivity index (χ1) is 26.0. The lowest BCUT2D eigenvalue weighted by atomic mass is 10.0. The quantitative estimate of drug-likeness (QED) is 0.317. The predicted octanol–water partition coefficient (Wildman–Crippen LogP) is 3.72. The number of aromatic nitrogens is 1. The summed E-state index contributed by atoms with van der Waals surface area (Å²) in [5.74, 6) is -0.886. The maximum atomic E-state index is 14.5. The molecule has 4 aliphatic rings. The van der Waals surface area contributed by atoms with Crippen LogP contribution in [0, 0.1) is 12.8 Å².